The SMILES string of the molecule is CSc1ccc(NC(=O)Nc2cnn(-c3ncncc3N3CCC(C)CC3)c2)cc1. The Morgan fingerprint density at radius 1 is 1.10 bits per heavy atom. The molecule has 0 radical (unpaired) electrons. The molecule has 4 rings (SSSR count). The first-order valence-corrected chi connectivity index (χ1v) is 11.2. The largest absolute Gasteiger partial charge is 0.367 e. The molecule has 1 aromatic carbocycles. The molecular formula is C21H25N7OS. The molecule has 3 aromatic rings. The normalized spacial score (nSPS) is 14.5. The molecule has 2 N–H and O–H groups in total. The molecule has 156 valence electrons. The van der Waals surface area contributed by atoms with E-state index in [1.165, 1.54) is 6.33 Å². The van der Waals surface area contributed by atoms with Crippen molar-refractivity contribution in [1.82, 2.24) is 19.7 Å². The first kappa shape index (κ1) is 20.2. The molecule has 8 nitrogen and oxygen atoms in total. The Hall–Kier alpha value is -3.07. The molecule has 0 saturated carbocycles. The molecule has 1 aliphatic heterocycles. The van der Waals surface area contributed by atoms with Crippen LogP contribution in [0.2, 0.25) is 0 Å². The van der Waals surface area contributed by atoms with Crippen molar-refractivity contribution >= 4 is 34.9 Å². The number of aromatic nitrogens is 4. The van der Waals surface area contributed by atoms with Crippen LogP contribution >= 0.6 is 11.8 Å². The highest BCUT2D eigenvalue weighted by Crippen LogP contribution is 2.27. The smallest absolute Gasteiger partial charge is 0.323 e. The van der Waals surface area contributed by atoms with Gasteiger partial charge in [-0.25, -0.2) is 19.4 Å². The van der Waals surface area contributed by atoms with E-state index in [1.54, 1.807) is 28.8 Å². The average Bonchev–Trinajstić information content (AvgIpc) is 3.23. The van der Waals surface area contributed by atoms with Gasteiger partial charge in [0, 0.05) is 23.7 Å². The van der Waals surface area contributed by atoms with E-state index in [9.17, 15) is 4.79 Å². The highest BCUT2D eigenvalue weighted by atomic mass is 32.2. The van der Waals surface area contributed by atoms with Crippen LogP contribution in [-0.2, 0) is 0 Å². The Bertz CT molecular complexity index is 997. The number of nitrogens with one attached hydrogen (secondary N) is 2. The summed E-state index contributed by atoms with van der Waals surface area (Å²) in [6.07, 6.45) is 11.0. The van der Waals surface area contributed by atoms with E-state index >= 15 is 0 Å². The van der Waals surface area contributed by atoms with Crippen LogP contribution in [0.15, 0.2) is 54.1 Å². The quantitative estimate of drug-likeness (QED) is 0.596. The van der Waals surface area contributed by atoms with Crippen LogP contribution in [0.1, 0.15) is 19.8 Å². The molecule has 2 amide bonds. The number of carbonyl (C=O) groups is 1. The van der Waals surface area contributed by atoms with Crippen LogP contribution in [0.25, 0.3) is 5.82 Å². The number of anilines is 3. The van der Waals surface area contributed by atoms with Gasteiger partial charge in [-0.3, -0.25) is 0 Å². The highest BCUT2D eigenvalue weighted by molar-refractivity contribution is 7.98. The minimum atomic E-state index is -0.320. The lowest BCUT2D eigenvalue weighted by molar-refractivity contribution is 0.262. The van der Waals surface area contributed by atoms with Gasteiger partial charge in [-0.2, -0.15) is 5.10 Å². The third-order valence-electron chi connectivity index (χ3n) is 5.20. The van der Waals surface area contributed by atoms with Gasteiger partial charge in [-0.1, -0.05) is 6.92 Å². The summed E-state index contributed by atoms with van der Waals surface area (Å²) in [5.74, 6) is 1.45. The number of hydrogen-bond donors (Lipinski definition) is 2. The standard InChI is InChI=1S/C21H25N7OS/c1-15-7-9-27(10-8-15)19-12-22-14-23-20(19)28-13-17(11-24-28)26-21(29)25-16-3-5-18(30-2)6-4-16/h3-6,11-15H,7-10H2,1-2H3,(H2,25,26,29). The summed E-state index contributed by atoms with van der Waals surface area (Å²) in [6, 6.07) is 7.37. The number of nitrogens with zero attached hydrogens (tertiary/aromatic N) is 5. The van der Waals surface area contributed by atoms with Crippen LogP contribution in [-0.4, -0.2) is 45.1 Å². The first-order valence-electron chi connectivity index (χ1n) is 9.94. The Balaban J connectivity index is 1.44. The Morgan fingerprint density at radius 2 is 1.83 bits per heavy atom. The van der Waals surface area contributed by atoms with Crippen molar-refractivity contribution in [2.75, 3.05) is 34.9 Å². The molecule has 1 aliphatic rings. The molecule has 0 atom stereocenters. The van der Waals surface area contributed by atoms with Crippen molar-refractivity contribution in [2.45, 2.75) is 24.7 Å². The van der Waals surface area contributed by atoms with E-state index in [1.807, 2.05) is 36.7 Å². The number of carbonyl (C=O) groups excluding carboxylic acids is 1. The lowest BCUT2D eigenvalue weighted by atomic mass is 9.99. The van der Waals surface area contributed by atoms with Gasteiger partial charge in [0.15, 0.2) is 5.82 Å². The van der Waals surface area contributed by atoms with Gasteiger partial charge in [0.2, 0.25) is 0 Å². The monoisotopic (exact) mass is 423 g/mol. The minimum Gasteiger partial charge on any atom is -0.367 e. The lowest BCUT2D eigenvalue weighted by Gasteiger charge is -2.32. The highest BCUT2D eigenvalue weighted by Gasteiger charge is 2.20. The van der Waals surface area contributed by atoms with Gasteiger partial charge >= 0.3 is 6.03 Å². The van der Waals surface area contributed by atoms with Gasteiger partial charge in [0.05, 0.1) is 24.3 Å². The van der Waals surface area contributed by atoms with E-state index in [2.05, 4.69) is 37.5 Å². The molecule has 0 aliphatic carbocycles. The predicted octanol–water partition coefficient (Wildman–Crippen LogP) is 4.26. The summed E-state index contributed by atoms with van der Waals surface area (Å²) in [5.41, 5.74) is 2.28. The lowest BCUT2D eigenvalue weighted by Crippen LogP contribution is -2.33. The molecular weight excluding hydrogens is 398 g/mol. The zero-order chi connectivity index (χ0) is 20.9. The van der Waals surface area contributed by atoms with E-state index in [4.69, 9.17) is 0 Å². The third kappa shape index (κ3) is 4.73. The third-order valence-corrected chi connectivity index (χ3v) is 5.95. The summed E-state index contributed by atoms with van der Waals surface area (Å²) in [5, 5.41) is 10.0. The summed E-state index contributed by atoms with van der Waals surface area (Å²) in [7, 11) is 0. The topological polar surface area (TPSA) is 88.0 Å². The molecule has 2 aromatic heterocycles. The zero-order valence-corrected chi connectivity index (χ0v) is 17.9. The maximum Gasteiger partial charge on any atom is 0.323 e. The van der Waals surface area contributed by atoms with Crippen LogP contribution in [0.4, 0.5) is 21.9 Å². The summed E-state index contributed by atoms with van der Waals surface area (Å²) >= 11 is 1.66. The molecule has 30 heavy (non-hydrogen) atoms. The second-order valence-electron chi connectivity index (χ2n) is 7.38. The summed E-state index contributed by atoms with van der Waals surface area (Å²) < 4.78 is 1.68. The number of thioether (sulfide) groups is 1. The van der Waals surface area contributed by atoms with E-state index in [-0.39, 0.29) is 6.03 Å². The molecule has 1 fully saturated rings. The van der Waals surface area contributed by atoms with Crippen molar-refractivity contribution in [3.05, 3.63) is 49.2 Å². The second-order valence-corrected chi connectivity index (χ2v) is 8.26. The fourth-order valence-corrected chi connectivity index (χ4v) is 3.84. The number of rotatable bonds is 5. The van der Waals surface area contributed by atoms with Gasteiger partial charge < -0.3 is 15.5 Å². The molecule has 3 heterocycles. The first-order chi connectivity index (χ1) is 14.6. The second kappa shape index (κ2) is 9.17. The van der Waals surface area contributed by atoms with Crippen molar-refractivity contribution in [2.24, 2.45) is 5.92 Å². The number of piperidine rings is 1. The fraction of sp³-hybridized carbons (Fsp3) is 0.333. The van der Waals surface area contributed by atoms with E-state index in [0.29, 0.717) is 11.5 Å². The maximum absolute atomic E-state index is 12.3. The van der Waals surface area contributed by atoms with Gasteiger partial charge in [-0.05, 0) is 49.3 Å². The maximum atomic E-state index is 12.3. The Morgan fingerprint density at radius 3 is 2.57 bits per heavy atom. The van der Waals surface area contributed by atoms with Gasteiger partial charge in [0.25, 0.3) is 0 Å². The van der Waals surface area contributed by atoms with Crippen molar-refractivity contribution < 1.29 is 4.79 Å². The zero-order valence-electron chi connectivity index (χ0n) is 17.1. The van der Waals surface area contributed by atoms with Crippen molar-refractivity contribution in [3.63, 3.8) is 0 Å². The van der Waals surface area contributed by atoms with E-state index < -0.39 is 0 Å². The van der Waals surface area contributed by atoms with Crippen LogP contribution in [0.5, 0.6) is 0 Å². The molecule has 9 heteroatoms. The predicted molar refractivity (Wildman–Crippen MR) is 121 cm³/mol. The van der Waals surface area contributed by atoms with Crippen LogP contribution in [0.3, 0.4) is 0 Å². The minimum absolute atomic E-state index is 0.320. The Labute approximate surface area is 180 Å². The number of urea groups is 1. The average molecular weight is 424 g/mol. The summed E-state index contributed by atoms with van der Waals surface area (Å²) in [6.45, 7) is 4.24. The molecule has 0 spiro atoms. The van der Waals surface area contributed by atoms with Crippen molar-refractivity contribution in [3.8, 4) is 5.82 Å². The molecule has 0 bridgehead atoms. The number of amides is 2. The van der Waals surface area contributed by atoms with E-state index in [0.717, 1.165) is 48.1 Å². The van der Waals surface area contributed by atoms with Crippen LogP contribution in [0, 0.1) is 5.92 Å². The van der Waals surface area contributed by atoms with Gasteiger partial charge in [0.1, 0.15) is 12.0 Å². The summed E-state index contributed by atoms with van der Waals surface area (Å²) in [4.78, 5) is 24.4. The molecule has 1 saturated heterocycles. The number of hydrogen-bond acceptors (Lipinski definition) is 6. The van der Waals surface area contributed by atoms with Gasteiger partial charge in [-0.15, -0.1) is 11.8 Å². The fourth-order valence-electron chi connectivity index (χ4n) is 3.44. The Kier molecular flexibility index (Phi) is 6.18. The number of benzene rings is 1. The molecule has 0 unspecified atom stereocenters. The van der Waals surface area contributed by atoms with Crippen molar-refractivity contribution in [1.29, 1.82) is 0 Å². The van der Waals surface area contributed by atoms with Crippen LogP contribution < -0.4 is 15.5 Å².